The van der Waals surface area contributed by atoms with Crippen molar-refractivity contribution in [3.63, 3.8) is 0 Å². The number of pyridine rings is 1. The minimum absolute atomic E-state index is 0.268. The van der Waals surface area contributed by atoms with Crippen LogP contribution in [0.5, 0.6) is 0 Å². The molecule has 0 saturated heterocycles. The van der Waals surface area contributed by atoms with Gasteiger partial charge in [-0.3, -0.25) is 9.78 Å². The zero-order chi connectivity index (χ0) is 19.3. The first-order valence-electron chi connectivity index (χ1n) is 8.98. The maximum absolute atomic E-state index is 12.9. The SMILES string of the molecule is Cc1ccccc1-n1nnc(C(=O)NCc2ccccc2)c1-c1ccncc1. The highest BCUT2D eigenvalue weighted by atomic mass is 16.2. The fourth-order valence-electron chi connectivity index (χ4n) is 3.04. The fourth-order valence-corrected chi connectivity index (χ4v) is 3.04. The van der Waals surface area contributed by atoms with Gasteiger partial charge in [-0.2, -0.15) is 0 Å². The van der Waals surface area contributed by atoms with Gasteiger partial charge in [-0.15, -0.1) is 5.10 Å². The van der Waals surface area contributed by atoms with E-state index in [2.05, 4.69) is 20.6 Å². The molecule has 0 radical (unpaired) electrons. The van der Waals surface area contributed by atoms with Crippen molar-refractivity contribution in [2.24, 2.45) is 0 Å². The number of rotatable bonds is 5. The molecule has 0 bridgehead atoms. The van der Waals surface area contributed by atoms with Crippen molar-refractivity contribution >= 4 is 5.91 Å². The highest BCUT2D eigenvalue weighted by Gasteiger charge is 2.22. The van der Waals surface area contributed by atoms with Crippen LogP contribution in [0, 0.1) is 6.92 Å². The molecule has 6 nitrogen and oxygen atoms in total. The van der Waals surface area contributed by atoms with Crippen LogP contribution in [0.25, 0.3) is 16.9 Å². The molecule has 0 aliphatic heterocycles. The van der Waals surface area contributed by atoms with Crippen LogP contribution in [-0.4, -0.2) is 25.9 Å². The summed E-state index contributed by atoms with van der Waals surface area (Å²) in [6.07, 6.45) is 3.38. The molecular formula is C22H19N5O. The molecule has 6 heteroatoms. The van der Waals surface area contributed by atoms with Gasteiger partial charge in [0.05, 0.1) is 5.69 Å². The van der Waals surface area contributed by atoms with Crippen LogP contribution in [0.2, 0.25) is 0 Å². The largest absolute Gasteiger partial charge is 0.346 e. The van der Waals surface area contributed by atoms with E-state index in [0.717, 1.165) is 22.4 Å². The quantitative estimate of drug-likeness (QED) is 0.584. The van der Waals surface area contributed by atoms with E-state index in [4.69, 9.17) is 0 Å². The molecular weight excluding hydrogens is 350 g/mol. The van der Waals surface area contributed by atoms with Crippen LogP contribution in [0.15, 0.2) is 79.1 Å². The zero-order valence-corrected chi connectivity index (χ0v) is 15.4. The summed E-state index contributed by atoms with van der Waals surface area (Å²) in [6, 6.07) is 21.3. The molecule has 28 heavy (non-hydrogen) atoms. The van der Waals surface area contributed by atoms with Crippen LogP contribution in [0.3, 0.4) is 0 Å². The van der Waals surface area contributed by atoms with Crippen molar-refractivity contribution in [3.05, 3.63) is 95.9 Å². The Hall–Kier alpha value is -3.80. The van der Waals surface area contributed by atoms with Gasteiger partial charge >= 0.3 is 0 Å². The summed E-state index contributed by atoms with van der Waals surface area (Å²) in [5.74, 6) is -0.268. The number of hydrogen-bond donors (Lipinski definition) is 1. The predicted molar refractivity (Wildman–Crippen MR) is 107 cm³/mol. The van der Waals surface area contributed by atoms with Gasteiger partial charge in [-0.25, -0.2) is 4.68 Å². The van der Waals surface area contributed by atoms with Crippen LogP contribution < -0.4 is 5.32 Å². The van der Waals surface area contributed by atoms with Gasteiger partial charge in [0.2, 0.25) is 0 Å². The van der Waals surface area contributed by atoms with Crippen LogP contribution in [0.1, 0.15) is 21.6 Å². The molecule has 0 aliphatic rings. The van der Waals surface area contributed by atoms with Crippen LogP contribution in [0.4, 0.5) is 0 Å². The van der Waals surface area contributed by atoms with E-state index in [1.54, 1.807) is 17.1 Å². The Labute approximate surface area is 162 Å². The Morgan fingerprint density at radius 2 is 1.68 bits per heavy atom. The number of nitrogens with zero attached hydrogens (tertiary/aromatic N) is 4. The number of carbonyl (C=O) groups excluding carboxylic acids is 1. The first-order valence-corrected chi connectivity index (χ1v) is 8.98. The van der Waals surface area contributed by atoms with Gasteiger partial charge in [-0.05, 0) is 36.2 Å². The average Bonchev–Trinajstić information content (AvgIpc) is 3.19. The number of para-hydroxylation sites is 1. The summed E-state index contributed by atoms with van der Waals surface area (Å²) in [4.78, 5) is 17.0. The maximum atomic E-state index is 12.9. The number of carbonyl (C=O) groups is 1. The molecule has 1 amide bonds. The minimum atomic E-state index is -0.268. The molecule has 2 aromatic heterocycles. The minimum Gasteiger partial charge on any atom is -0.346 e. The van der Waals surface area contributed by atoms with Crippen LogP contribution >= 0.6 is 0 Å². The Balaban J connectivity index is 1.73. The highest BCUT2D eigenvalue weighted by Crippen LogP contribution is 2.26. The molecule has 4 aromatic rings. The van der Waals surface area contributed by atoms with E-state index in [0.29, 0.717) is 12.2 Å². The molecule has 138 valence electrons. The van der Waals surface area contributed by atoms with Gasteiger partial charge in [0.15, 0.2) is 5.69 Å². The first kappa shape index (κ1) is 17.6. The average molecular weight is 369 g/mol. The normalized spacial score (nSPS) is 10.6. The molecule has 2 aromatic carbocycles. The Bertz CT molecular complexity index is 1090. The summed E-state index contributed by atoms with van der Waals surface area (Å²) in [7, 11) is 0. The second-order valence-corrected chi connectivity index (χ2v) is 6.39. The third-order valence-corrected chi connectivity index (χ3v) is 4.48. The van der Waals surface area contributed by atoms with Crippen molar-refractivity contribution in [2.75, 3.05) is 0 Å². The van der Waals surface area contributed by atoms with E-state index in [9.17, 15) is 4.79 Å². The van der Waals surface area contributed by atoms with Gasteiger partial charge < -0.3 is 5.32 Å². The lowest BCUT2D eigenvalue weighted by Crippen LogP contribution is -2.24. The van der Waals surface area contributed by atoms with Crippen LogP contribution in [-0.2, 0) is 6.54 Å². The predicted octanol–water partition coefficient (Wildman–Crippen LogP) is 3.57. The molecule has 0 saturated carbocycles. The molecule has 4 rings (SSSR count). The fraction of sp³-hybridized carbons (Fsp3) is 0.0909. The topological polar surface area (TPSA) is 72.7 Å². The summed E-state index contributed by atoms with van der Waals surface area (Å²) in [5.41, 5.74) is 4.69. The molecule has 0 aliphatic carbocycles. The Morgan fingerprint density at radius 1 is 0.964 bits per heavy atom. The molecule has 0 spiro atoms. The second kappa shape index (κ2) is 7.84. The second-order valence-electron chi connectivity index (χ2n) is 6.39. The molecule has 1 N–H and O–H groups in total. The number of nitrogens with one attached hydrogen (secondary N) is 1. The summed E-state index contributed by atoms with van der Waals surface area (Å²) >= 11 is 0. The Kier molecular flexibility index (Phi) is 4.93. The van der Waals surface area contributed by atoms with Gasteiger partial charge in [0.25, 0.3) is 5.91 Å². The monoisotopic (exact) mass is 369 g/mol. The highest BCUT2D eigenvalue weighted by molar-refractivity contribution is 5.98. The van der Waals surface area contributed by atoms with E-state index in [1.807, 2.05) is 73.7 Å². The lowest BCUT2D eigenvalue weighted by molar-refractivity contribution is 0.0946. The van der Waals surface area contributed by atoms with Crippen molar-refractivity contribution in [1.82, 2.24) is 25.3 Å². The number of hydrogen-bond acceptors (Lipinski definition) is 4. The van der Waals surface area contributed by atoms with Gasteiger partial charge in [-0.1, -0.05) is 53.7 Å². The standard InChI is InChI=1S/C22H19N5O/c1-16-7-5-6-10-19(16)27-21(18-11-13-23-14-12-18)20(25-26-27)22(28)24-15-17-8-3-2-4-9-17/h2-14H,15H2,1H3,(H,24,28). The number of aromatic nitrogens is 4. The molecule has 0 atom stereocenters. The van der Waals surface area contributed by atoms with E-state index >= 15 is 0 Å². The summed E-state index contributed by atoms with van der Waals surface area (Å²) in [5, 5.41) is 11.4. The lowest BCUT2D eigenvalue weighted by Gasteiger charge is -2.10. The molecule has 2 heterocycles. The lowest BCUT2D eigenvalue weighted by atomic mass is 10.1. The number of aryl methyl sites for hydroxylation is 1. The van der Waals surface area contributed by atoms with E-state index in [-0.39, 0.29) is 11.6 Å². The smallest absolute Gasteiger partial charge is 0.274 e. The van der Waals surface area contributed by atoms with Gasteiger partial charge in [0, 0.05) is 24.5 Å². The third-order valence-electron chi connectivity index (χ3n) is 4.48. The van der Waals surface area contributed by atoms with Crippen molar-refractivity contribution in [3.8, 4) is 16.9 Å². The van der Waals surface area contributed by atoms with Gasteiger partial charge in [0.1, 0.15) is 5.69 Å². The first-order chi connectivity index (χ1) is 13.7. The zero-order valence-electron chi connectivity index (χ0n) is 15.4. The van der Waals surface area contributed by atoms with Crippen molar-refractivity contribution < 1.29 is 4.79 Å². The van der Waals surface area contributed by atoms with E-state index < -0.39 is 0 Å². The maximum Gasteiger partial charge on any atom is 0.274 e. The molecule has 0 unspecified atom stereocenters. The molecule has 0 fully saturated rings. The summed E-state index contributed by atoms with van der Waals surface area (Å²) in [6.45, 7) is 2.43. The third kappa shape index (κ3) is 3.53. The van der Waals surface area contributed by atoms with E-state index in [1.165, 1.54) is 0 Å². The number of amides is 1. The Morgan fingerprint density at radius 3 is 2.43 bits per heavy atom. The summed E-state index contributed by atoms with van der Waals surface area (Å²) < 4.78 is 1.71. The van der Waals surface area contributed by atoms with Crippen molar-refractivity contribution in [1.29, 1.82) is 0 Å². The number of benzene rings is 2. The van der Waals surface area contributed by atoms with Crippen molar-refractivity contribution in [2.45, 2.75) is 13.5 Å².